The number of ether oxygens (including phenoxy) is 1. The Labute approximate surface area is 223 Å². The minimum absolute atomic E-state index is 0.571. The molecule has 8 rings (SSSR count). The van der Waals surface area contributed by atoms with Gasteiger partial charge in [-0.2, -0.15) is 9.36 Å². The molecule has 0 radical (unpaired) electrons. The number of nitrogens with one attached hydrogen (secondary N) is 2. The zero-order valence-corrected chi connectivity index (χ0v) is 22.5. The van der Waals surface area contributed by atoms with Gasteiger partial charge in [-0.05, 0) is 111 Å². The largest absolute Gasteiger partial charge is 0.430 e. The molecular weight excluding hydrogens is 478 g/mol. The van der Waals surface area contributed by atoms with Crippen LogP contribution in [0.2, 0.25) is 0 Å². The SMILES string of the molecule is Cc1cc(Oc2nc(-c3ccc(C4C5CC6CC(C5)CC4C6)cc3)ns2)c(C)cc1NC1=NCCCN1. The molecule has 2 N–H and O–H groups in total. The van der Waals surface area contributed by atoms with Crippen molar-refractivity contribution in [3.63, 3.8) is 0 Å². The van der Waals surface area contributed by atoms with Crippen molar-refractivity contribution in [3.05, 3.63) is 53.1 Å². The van der Waals surface area contributed by atoms with Crippen molar-refractivity contribution >= 4 is 23.2 Å². The molecule has 4 fully saturated rings. The van der Waals surface area contributed by atoms with E-state index < -0.39 is 0 Å². The first-order valence-corrected chi connectivity index (χ1v) is 14.6. The summed E-state index contributed by atoms with van der Waals surface area (Å²) >= 11 is 1.31. The molecule has 0 spiro atoms. The predicted octanol–water partition coefficient (Wildman–Crippen LogP) is 6.92. The molecule has 0 unspecified atom stereocenters. The quantitative estimate of drug-likeness (QED) is 0.388. The molecule has 1 aliphatic heterocycles. The lowest BCUT2D eigenvalue weighted by atomic mass is 9.51. The average molecular weight is 514 g/mol. The highest BCUT2D eigenvalue weighted by atomic mass is 32.1. The van der Waals surface area contributed by atoms with Crippen LogP contribution in [0.15, 0.2) is 41.4 Å². The van der Waals surface area contributed by atoms with Gasteiger partial charge in [-0.15, -0.1) is 0 Å². The van der Waals surface area contributed by atoms with Crippen LogP contribution >= 0.6 is 11.5 Å². The molecule has 7 heteroatoms. The van der Waals surface area contributed by atoms with E-state index in [1.165, 1.54) is 49.2 Å². The Bertz CT molecular complexity index is 1300. The van der Waals surface area contributed by atoms with Gasteiger partial charge in [0.05, 0.1) is 0 Å². The Kier molecular flexibility index (Phi) is 5.91. The molecule has 4 aliphatic carbocycles. The van der Waals surface area contributed by atoms with Crippen LogP contribution in [0, 0.1) is 37.5 Å². The number of aromatic nitrogens is 2. The van der Waals surface area contributed by atoms with Crippen molar-refractivity contribution in [1.82, 2.24) is 14.7 Å². The topological polar surface area (TPSA) is 71.4 Å². The molecule has 0 saturated heterocycles. The molecule has 3 aromatic rings. The number of hydrogen-bond acceptors (Lipinski definition) is 7. The van der Waals surface area contributed by atoms with Gasteiger partial charge in [0.1, 0.15) is 5.75 Å². The maximum atomic E-state index is 6.19. The number of anilines is 1. The minimum atomic E-state index is 0.571. The highest BCUT2D eigenvalue weighted by Crippen LogP contribution is 2.59. The van der Waals surface area contributed by atoms with Crippen molar-refractivity contribution in [2.24, 2.45) is 28.7 Å². The summed E-state index contributed by atoms with van der Waals surface area (Å²) < 4.78 is 10.8. The Morgan fingerprint density at radius 1 is 0.946 bits per heavy atom. The second-order valence-corrected chi connectivity index (χ2v) is 12.3. The van der Waals surface area contributed by atoms with E-state index in [0.717, 1.165) is 89.0 Å². The van der Waals surface area contributed by atoms with Crippen molar-refractivity contribution in [2.45, 2.75) is 58.3 Å². The Morgan fingerprint density at radius 2 is 1.70 bits per heavy atom. The summed E-state index contributed by atoms with van der Waals surface area (Å²) in [6.07, 6.45) is 8.40. The van der Waals surface area contributed by atoms with Crippen molar-refractivity contribution in [1.29, 1.82) is 0 Å². The molecule has 0 atom stereocenters. The third kappa shape index (κ3) is 4.52. The highest BCUT2D eigenvalue weighted by molar-refractivity contribution is 7.07. The number of benzene rings is 2. The Morgan fingerprint density at radius 3 is 2.41 bits per heavy atom. The molecule has 4 bridgehead atoms. The number of nitrogens with zero attached hydrogens (tertiary/aromatic N) is 3. The van der Waals surface area contributed by atoms with Gasteiger partial charge in [0.15, 0.2) is 11.8 Å². The summed E-state index contributed by atoms with van der Waals surface area (Å²) in [5.74, 6) is 6.98. The predicted molar refractivity (Wildman–Crippen MR) is 150 cm³/mol. The molecule has 6 nitrogen and oxygen atoms in total. The maximum absolute atomic E-state index is 6.19. The van der Waals surface area contributed by atoms with Crippen LogP contribution in [0.4, 0.5) is 5.69 Å². The van der Waals surface area contributed by atoms with E-state index in [1.54, 1.807) is 0 Å². The third-order valence-electron chi connectivity index (χ3n) is 9.06. The number of guanidine groups is 1. The van der Waals surface area contributed by atoms with Gasteiger partial charge in [0.2, 0.25) is 0 Å². The van der Waals surface area contributed by atoms with E-state index in [0.29, 0.717) is 5.19 Å². The molecular formula is C30H35N5OS. The smallest absolute Gasteiger partial charge is 0.299 e. The van der Waals surface area contributed by atoms with Gasteiger partial charge in [0.25, 0.3) is 5.19 Å². The zero-order chi connectivity index (χ0) is 24.9. The van der Waals surface area contributed by atoms with Crippen LogP contribution in [-0.4, -0.2) is 28.4 Å². The monoisotopic (exact) mass is 513 g/mol. The van der Waals surface area contributed by atoms with Crippen molar-refractivity contribution in [3.8, 4) is 22.3 Å². The lowest BCUT2D eigenvalue weighted by molar-refractivity contribution is -0.00277. The summed E-state index contributed by atoms with van der Waals surface area (Å²) in [5.41, 5.74) is 5.77. The van der Waals surface area contributed by atoms with Crippen LogP contribution in [0.5, 0.6) is 10.9 Å². The standard InChI is InChI=1S/C30H35N5OS/c1-17-11-26(18(2)10-25(17)33-29-31-8-3-9-32-29)36-30-34-28(35-37-30)22-6-4-21(5-7-22)27-23-13-19-12-20(15-23)16-24(27)14-19/h4-7,10-11,19-20,23-24,27H,3,8-9,12-16H2,1-2H3,(H2,31,32,33). The van der Waals surface area contributed by atoms with E-state index >= 15 is 0 Å². The van der Waals surface area contributed by atoms with Crippen LogP contribution in [0.25, 0.3) is 11.4 Å². The zero-order valence-electron chi connectivity index (χ0n) is 21.7. The molecule has 5 aliphatic rings. The van der Waals surface area contributed by atoms with Gasteiger partial charge in [-0.3, -0.25) is 4.99 Å². The van der Waals surface area contributed by atoms with Gasteiger partial charge in [-0.1, -0.05) is 24.3 Å². The first-order valence-electron chi connectivity index (χ1n) is 13.9. The van der Waals surface area contributed by atoms with Crippen LogP contribution in [0.1, 0.15) is 61.1 Å². The molecule has 2 aromatic carbocycles. The van der Waals surface area contributed by atoms with Gasteiger partial charge in [0, 0.05) is 35.9 Å². The van der Waals surface area contributed by atoms with E-state index in [9.17, 15) is 0 Å². The van der Waals surface area contributed by atoms with Gasteiger partial charge in [-0.25, -0.2) is 0 Å². The van der Waals surface area contributed by atoms with Crippen LogP contribution in [0.3, 0.4) is 0 Å². The van der Waals surface area contributed by atoms with Crippen LogP contribution in [-0.2, 0) is 0 Å². The highest BCUT2D eigenvalue weighted by Gasteiger charge is 2.48. The lowest BCUT2D eigenvalue weighted by Crippen LogP contribution is -2.43. The van der Waals surface area contributed by atoms with E-state index in [1.807, 2.05) is 0 Å². The average Bonchev–Trinajstić information content (AvgIpc) is 3.36. The summed E-state index contributed by atoms with van der Waals surface area (Å²) in [4.78, 5) is 9.23. The molecule has 2 heterocycles. The molecule has 1 aromatic heterocycles. The summed E-state index contributed by atoms with van der Waals surface area (Å²) in [6, 6.07) is 13.3. The van der Waals surface area contributed by atoms with E-state index in [2.05, 4.69) is 70.2 Å². The third-order valence-corrected chi connectivity index (χ3v) is 9.65. The number of aryl methyl sites for hydroxylation is 2. The first kappa shape index (κ1) is 23.2. The second-order valence-electron chi connectivity index (χ2n) is 11.6. The number of aliphatic imine (C=N–C) groups is 1. The minimum Gasteiger partial charge on any atom is -0.430 e. The fraction of sp³-hybridized carbons (Fsp3) is 0.500. The maximum Gasteiger partial charge on any atom is 0.299 e. The van der Waals surface area contributed by atoms with E-state index in [4.69, 9.17) is 9.72 Å². The summed E-state index contributed by atoms with van der Waals surface area (Å²) in [6.45, 7) is 5.95. The van der Waals surface area contributed by atoms with Crippen molar-refractivity contribution < 1.29 is 4.74 Å². The lowest BCUT2D eigenvalue weighted by Gasteiger charge is -2.54. The molecule has 0 amide bonds. The van der Waals surface area contributed by atoms with Crippen molar-refractivity contribution in [2.75, 3.05) is 18.4 Å². The first-order chi connectivity index (χ1) is 18.1. The fourth-order valence-electron chi connectivity index (χ4n) is 7.56. The molecule has 37 heavy (non-hydrogen) atoms. The van der Waals surface area contributed by atoms with Crippen LogP contribution < -0.4 is 15.4 Å². The van der Waals surface area contributed by atoms with E-state index in [-0.39, 0.29) is 0 Å². The molecule has 4 saturated carbocycles. The summed E-state index contributed by atoms with van der Waals surface area (Å²) in [5, 5.41) is 7.29. The van der Waals surface area contributed by atoms with Gasteiger partial charge >= 0.3 is 0 Å². The number of rotatable bonds is 5. The summed E-state index contributed by atoms with van der Waals surface area (Å²) in [7, 11) is 0. The van der Waals surface area contributed by atoms with Gasteiger partial charge < -0.3 is 15.4 Å². The normalized spacial score (nSPS) is 28.1. The fourth-order valence-corrected chi connectivity index (χ4v) is 8.13. The number of hydrogen-bond donors (Lipinski definition) is 2. The second kappa shape index (κ2) is 9.43. The Balaban J connectivity index is 1.05. The molecule has 192 valence electrons. The Hall–Kier alpha value is -2.93.